The van der Waals surface area contributed by atoms with Crippen LogP contribution in [0.5, 0.6) is 5.75 Å². The lowest BCUT2D eigenvalue weighted by atomic mass is 9.44. The number of nitrogens with zero attached hydrogens (tertiary/aromatic N) is 1. The van der Waals surface area contributed by atoms with Crippen molar-refractivity contribution in [3.8, 4) is 5.75 Å². The quantitative estimate of drug-likeness (QED) is 0.518. The first-order valence-electron chi connectivity index (χ1n) is 12.3. The number of hydrogen-bond donors (Lipinski definition) is 0. The van der Waals surface area contributed by atoms with Gasteiger partial charge in [0.1, 0.15) is 11.9 Å². The minimum absolute atomic E-state index is 0.0589. The van der Waals surface area contributed by atoms with Gasteiger partial charge in [0.25, 0.3) is 0 Å². The SMILES string of the molecule is CSc1ccc(OC2C(C)[C@@H]3[C@@H](CC[C@]4(C)CCC[C@@H]34)[C@@]3(C)CCC(=O)N(C)C23)cc1. The van der Waals surface area contributed by atoms with Crippen LogP contribution in [0, 0.1) is 34.5 Å². The zero-order valence-electron chi connectivity index (χ0n) is 19.9. The molecule has 8 atom stereocenters. The predicted molar refractivity (Wildman–Crippen MR) is 127 cm³/mol. The Morgan fingerprint density at radius 1 is 1.06 bits per heavy atom. The smallest absolute Gasteiger partial charge is 0.222 e. The molecule has 0 radical (unpaired) electrons. The number of carbonyl (C=O) groups excluding carboxylic acids is 1. The van der Waals surface area contributed by atoms with Crippen LogP contribution in [0.4, 0.5) is 0 Å². The summed E-state index contributed by atoms with van der Waals surface area (Å²) in [5.74, 6) is 3.93. The van der Waals surface area contributed by atoms with Crippen molar-refractivity contribution >= 4 is 17.7 Å². The molecule has 1 aromatic rings. The van der Waals surface area contributed by atoms with Crippen LogP contribution in [0.1, 0.15) is 65.7 Å². The second-order valence-electron chi connectivity index (χ2n) is 11.4. The van der Waals surface area contributed by atoms with Crippen LogP contribution >= 0.6 is 11.8 Å². The van der Waals surface area contributed by atoms with Crippen molar-refractivity contribution in [3.63, 3.8) is 0 Å². The topological polar surface area (TPSA) is 29.5 Å². The third-order valence-electron chi connectivity index (χ3n) is 10.1. The van der Waals surface area contributed by atoms with E-state index in [1.165, 1.54) is 37.0 Å². The summed E-state index contributed by atoms with van der Waals surface area (Å²) < 4.78 is 6.85. The van der Waals surface area contributed by atoms with Crippen molar-refractivity contribution in [3.05, 3.63) is 24.3 Å². The van der Waals surface area contributed by atoms with Crippen LogP contribution in [-0.4, -0.2) is 36.3 Å². The van der Waals surface area contributed by atoms with Crippen LogP contribution in [0.15, 0.2) is 29.2 Å². The van der Waals surface area contributed by atoms with Gasteiger partial charge in [0.2, 0.25) is 5.91 Å². The largest absolute Gasteiger partial charge is 0.488 e. The molecular weight excluding hydrogens is 402 g/mol. The number of hydrogen-bond acceptors (Lipinski definition) is 3. The van der Waals surface area contributed by atoms with Gasteiger partial charge in [-0.05, 0) is 97.1 Å². The molecule has 4 heteroatoms. The molecule has 3 aliphatic carbocycles. The van der Waals surface area contributed by atoms with E-state index in [0.717, 1.165) is 18.1 Å². The van der Waals surface area contributed by atoms with Crippen molar-refractivity contribution in [1.82, 2.24) is 4.90 Å². The molecular formula is C27H39NO2S. The van der Waals surface area contributed by atoms with E-state index in [-0.39, 0.29) is 17.6 Å². The molecule has 5 rings (SSSR count). The van der Waals surface area contributed by atoms with Gasteiger partial charge in [-0.2, -0.15) is 0 Å². The average molecular weight is 442 g/mol. The van der Waals surface area contributed by atoms with Gasteiger partial charge in [0.15, 0.2) is 0 Å². The number of rotatable bonds is 3. The van der Waals surface area contributed by atoms with Crippen molar-refractivity contribution in [2.45, 2.75) is 82.8 Å². The molecule has 4 aliphatic rings. The zero-order chi connectivity index (χ0) is 22.0. The molecule has 3 nitrogen and oxygen atoms in total. The second-order valence-corrected chi connectivity index (χ2v) is 12.3. The zero-order valence-corrected chi connectivity index (χ0v) is 20.7. The molecule has 1 saturated heterocycles. The minimum Gasteiger partial charge on any atom is -0.488 e. The number of thioether (sulfide) groups is 1. The summed E-state index contributed by atoms with van der Waals surface area (Å²) in [6, 6.07) is 8.70. The van der Waals surface area contributed by atoms with E-state index in [1.54, 1.807) is 11.8 Å². The fourth-order valence-corrected chi connectivity index (χ4v) is 8.88. The molecule has 3 saturated carbocycles. The number of amides is 1. The molecule has 0 bridgehead atoms. The number of carbonyl (C=O) groups is 1. The van der Waals surface area contributed by atoms with Crippen molar-refractivity contribution < 1.29 is 9.53 Å². The van der Waals surface area contributed by atoms with E-state index >= 15 is 0 Å². The molecule has 170 valence electrons. The van der Waals surface area contributed by atoms with E-state index in [1.807, 2.05) is 7.05 Å². The molecule has 1 amide bonds. The lowest BCUT2D eigenvalue weighted by Gasteiger charge is -2.65. The van der Waals surface area contributed by atoms with Gasteiger partial charge in [0, 0.05) is 18.4 Å². The summed E-state index contributed by atoms with van der Waals surface area (Å²) >= 11 is 1.76. The van der Waals surface area contributed by atoms with Crippen molar-refractivity contribution in [2.24, 2.45) is 34.5 Å². The number of benzene rings is 1. The lowest BCUT2D eigenvalue weighted by Crippen LogP contribution is -2.69. The molecule has 1 aromatic carbocycles. The number of fused-ring (bicyclic) bond motifs is 5. The van der Waals surface area contributed by atoms with E-state index in [9.17, 15) is 4.79 Å². The van der Waals surface area contributed by atoms with Gasteiger partial charge < -0.3 is 9.64 Å². The Balaban J connectivity index is 1.55. The highest BCUT2D eigenvalue weighted by Gasteiger charge is 2.64. The van der Waals surface area contributed by atoms with E-state index in [4.69, 9.17) is 4.74 Å². The van der Waals surface area contributed by atoms with Crippen LogP contribution in [0.3, 0.4) is 0 Å². The second kappa shape index (κ2) is 7.71. The van der Waals surface area contributed by atoms with Gasteiger partial charge in [0.05, 0.1) is 6.04 Å². The van der Waals surface area contributed by atoms with Crippen LogP contribution in [0.25, 0.3) is 0 Å². The highest BCUT2D eigenvalue weighted by atomic mass is 32.2. The average Bonchev–Trinajstić information content (AvgIpc) is 3.16. The predicted octanol–water partition coefficient (Wildman–Crippen LogP) is 6.27. The molecule has 1 aliphatic heterocycles. The summed E-state index contributed by atoms with van der Waals surface area (Å²) in [7, 11) is 2.03. The fourth-order valence-electron chi connectivity index (χ4n) is 8.48. The maximum absolute atomic E-state index is 12.8. The fraction of sp³-hybridized carbons (Fsp3) is 0.741. The van der Waals surface area contributed by atoms with Crippen molar-refractivity contribution in [2.75, 3.05) is 13.3 Å². The van der Waals surface area contributed by atoms with Gasteiger partial charge in [-0.25, -0.2) is 0 Å². The van der Waals surface area contributed by atoms with E-state index < -0.39 is 0 Å². The van der Waals surface area contributed by atoms with E-state index in [2.05, 4.69) is 56.2 Å². The summed E-state index contributed by atoms with van der Waals surface area (Å²) in [4.78, 5) is 16.2. The van der Waals surface area contributed by atoms with Crippen LogP contribution < -0.4 is 4.74 Å². The summed E-state index contributed by atoms with van der Waals surface area (Å²) in [6.45, 7) is 7.50. The highest BCUT2D eigenvalue weighted by Crippen LogP contribution is 2.66. The Labute approximate surface area is 192 Å². The highest BCUT2D eigenvalue weighted by molar-refractivity contribution is 7.98. The Morgan fingerprint density at radius 3 is 2.52 bits per heavy atom. The van der Waals surface area contributed by atoms with Gasteiger partial charge in [-0.3, -0.25) is 4.79 Å². The monoisotopic (exact) mass is 441 g/mol. The Kier molecular flexibility index (Phi) is 5.39. The van der Waals surface area contributed by atoms with Crippen molar-refractivity contribution in [1.29, 1.82) is 0 Å². The van der Waals surface area contributed by atoms with Crippen LogP contribution in [0.2, 0.25) is 0 Å². The lowest BCUT2D eigenvalue weighted by molar-refractivity contribution is -0.191. The maximum atomic E-state index is 12.8. The van der Waals surface area contributed by atoms with Gasteiger partial charge in [-0.15, -0.1) is 11.8 Å². The molecule has 4 fully saturated rings. The summed E-state index contributed by atoms with van der Waals surface area (Å²) in [5, 5.41) is 0. The number of ether oxygens (including phenoxy) is 1. The first-order valence-corrected chi connectivity index (χ1v) is 13.6. The molecule has 1 heterocycles. The number of likely N-dealkylation sites (N-methyl/N-ethyl adjacent to an activating group) is 1. The summed E-state index contributed by atoms with van der Waals surface area (Å²) in [6.07, 6.45) is 10.7. The Morgan fingerprint density at radius 2 is 1.81 bits per heavy atom. The minimum atomic E-state index is 0.0589. The number of piperidine rings is 1. The Bertz CT molecular complexity index is 840. The molecule has 31 heavy (non-hydrogen) atoms. The number of likely N-dealkylation sites (tertiary alicyclic amines) is 1. The third kappa shape index (κ3) is 3.26. The van der Waals surface area contributed by atoms with E-state index in [0.29, 0.717) is 35.5 Å². The maximum Gasteiger partial charge on any atom is 0.222 e. The van der Waals surface area contributed by atoms with Crippen LogP contribution in [-0.2, 0) is 4.79 Å². The van der Waals surface area contributed by atoms with Gasteiger partial charge in [-0.1, -0.05) is 27.2 Å². The molecule has 0 aromatic heterocycles. The third-order valence-corrected chi connectivity index (χ3v) is 10.8. The molecule has 3 unspecified atom stereocenters. The standard InChI is InChI=1S/C27H39NO2S/c1-17-23-20-7-6-14-26(20,2)15-12-21(23)27(3)16-13-22(29)28(4)25(27)24(17)30-18-8-10-19(31-5)11-9-18/h8-11,17,20-21,23-25H,6-7,12-16H2,1-5H3/t17?,20-,21+,23-,24?,25?,26-,27+/m0/s1. The normalized spacial score (nSPS) is 44.4. The Hall–Kier alpha value is -1.16. The first-order chi connectivity index (χ1) is 14.8. The van der Waals surface area contributed by atoms with Gasteiger partial charge >= 0.3 is 0 Å². The molecule has 0 spiro atoms. The first kappa shape index (κ1) is 21.7. The summed E-state index contributed by atoms with van der Waals surface area (Å²) in [5.41, 5.74) is 0.660. The molecule has 0 N–H and O–H groups in total.